The second-order valence-corrected chi connectivity index (χ2v) is 5.46. The van der Waals surface area contributed by atoms with Crippen molar-refractivity contribution in [3.05, 3.63) is 66.4 Å². The maximum absolute atomic E-state index is 13.0. The molecule has 0 saturated carbocycles. The van der Waals surface area contributed by atoms with Crippen LogP contribution in [0.4, 0.5) is 4.39 Å². The fraction of sp³-hybridized carbons (Fsp3) is 0.0625. The molecule has 1 heterocycles. The highest BCUT2D eigenvalue weighted by atomic mass is 32.2. The lowest BCUT2D eigenvalue weighted by Gasteiger charge is -2.08. The molecule has 0 bridgehead atoms. The van der Waals surface area contributed by atoms with Gasteiger partial charge in [-0.15, -0.1) is 0 Å². The predicted octanol–water partition coefficient (Wildman–Crippen LogP) is 2.93. The van der Waals surface area contributed by atoms with Crippen LogP contribution in [0.3, 0.4) is 0 Å². The summed E-state index contributed by atoms with van der Waals surface area (Å²) in [6.45, 7) is -0.639. The van der Waals surface area contributed by atoms with E-state index in [1.807, 2.05) is 30.3 Å². The minimum absolute atomic E-state index is 0.354. The van der Waals surface area contributed by atoms with Crippen LogP contribution in [0.2, 0.25) is 0 Å². The van der Waals surface area contributed by atoms with Gasteiger partial charge in [-0.05, 0) is 30.3 Å². The lowest BCUT2D eigenvalue weighted by molar-refractivity contribution is 0.473. The van der Waals surface area contributed by atoms with E-state index in [0.29, 0.717) is 11.4 Å². The molecular weight excluding hydrogens is 317 g/mol. The Morgan fingerprint density at radius 2 is 1.83 bits per heavy atom. The summed E-state index contributed by atoms with van der Waals surface area (Å²) in [5.41, 5.74) is 2.81. The minimum atomic E-state index is -1.87. The monoisotopic (exact) mass is 331 g/mol. The first-order valence-corrected chi connectivity index (χ1v) is 7.96. The number of benzene rings is 2. The smallest absolute Gasteiger partial charge is 0.285 e. The summed E-state index contributed by atoms with van der Waals surface area (Å²) >= 11 is -1.87. The van der Waals surface area contributed by atoms with E-state index in [0.717, 1.165) is 16.9 Å². The maximum Gasteiger partial charge on any atom is 0.285 e. The van der Waals surface area contributed by atoms with E-state index in [9.17, 15) is 8.60 Å². The number of hydrogen-bond acceptors (Lipinski definition) is 3. The van der Waals surface area contributed by atoms with Crippen LogP contribution in [0.15, 0.2) is 60.7 Å². The van der Waals surface area contributed by atoms with Crippen molar-refractivity contribution >= 4 is 11.3 Å². The van der Waals surface area contributed by atoms with Gasteiger partial charge in [0.15, 0.2) is 0 Å². The molecule has 5 nitrogen and oxygen atoms in total. The van der Waals surface area contributed by atoms with E-state index in [-0.39, 0.29) is 0 Å². The predicted molar refractivity (Wildman–Crippen MR) is 86.8 cm³/mol. The van der Waals surface area contributed by atoms with Gasteiger partial charge in [0, 0.05) is 5.56 Å². The number of hydrogen-bond donors (Lipinski definition) is 1. The first-order chi connectivity index (χ1) is 11.2. The summed E-state index contributed by atoms with van der Waals surface area (Å²) in [6, 6.07) is 18.1. The van der Waals surface area contributed by atoms with Gasteiger partial charge in [-0.3, -0.25) is 0 Å². The van der Waals surface area contributed by atoms with Crippen molar-refractivity contribution in [2.24, 2.45) is 5.14 Å². The second kappa shape index (κ2) is 6.72. The van der Waals surface area contributed by atoms with E-state index in [2.05, 4.69) is 5.10 Å². The Morgan fingerprint density at radius 3 is 2.43 bits per heavy atom. The fourth-order valence-corrected chi connectivity index (χ4v) is 2.55. The van der Waals surface area contributed by atoms with Gasteiger partial charge < -0.3 is 4.18 Å². The number of aromatic nitrogens is 2. The Labute approximate surface area is 135 Å². The van der Waals surface area contributed by atoms with Crippen LogP contribution in [-0.2, 0) is 17.9 Å². The number of halogens is 1. The Kier molecular flexibility index (Phi) is 4.50. The summed E-state index contributed by atoms with van der Waals surface area (Å²) < 4.78 is 30.4. The molecule has 0 fully saturated rings. The molecule has 1 atom stereocenters. The van der Waals surface area contributed by atoms with Crippen LogP contribution in [-0.4, -0.2) is 14.0 Å². The lowest BCUT2D eigenvalue weighted by Crippen LogP contribution is -2.09. The van der Waals surface area contributed by atoms with Crippen molar-refractivity contribution in [1.82, 2.24) is 9.78 Å². The van der Waals surface area contributed by atoms with Crippen molar-refractivity contribution < 1.29 is 12.8 Å². The molecule has 0 aliphatic heterocycles. The molecule has 2 aromatic carbocycles. The van der Waals surface area contributed by atoms with Crippen molar-refractivity contribution in [3.8, 4) is 22.7 Å². The molecule has 0 aliphatic carbocycles. The summed E-state index contributed by atoms with van der Waals surface area (Å²) in [5.74, 6) is 0.383. The van der Waals surface area contributed by atoms with Gasteiger partial charge in [0.2, 0.25) is 0 Å². The topological polar surface area (TPSA) is 70.1 Å². The van der Waals surface area contributed by atoms with Crippen molar-refractivity contribution in [1.29, 1.82) is 0 Å². The third-order valence-corrected chi connectivity index (χ3v) is 3.58. The van der Waals surface area contributed by atoms with Crippen LogP contribution < -0.4 is 9.32 Å². The Bertz CT molecular complexity index is 819. The van der Waals surface area contributed by atoms with Gasteiger partial charge in [0.1, 0.15) is 12.4 Å². The molecule has 23 heavy (non-hydrogen) atoms. The molecule has 1 unspecified atom stereocenters. The Balaban J connectivity index is 2.02. The largest absolute Gasteiger partial charge is 0.389 e. The third kappa shape index (κ3) is 3.46. The first-order valence-electron chi connectivity index (χ1n) is 6.82. The first kappa shape index (κ1) is 15.4. The fourth-order valence-electron chi connectivity index (χ4n) is 2.24. The average Bonchev–Trinajstić information content (AvgIpc) is 3.00. The van der Waals surface area contributed by atoms with Crippen LogP contribution in [0, 0.1) is 0 Å². The van der Waals surface area contributed by atoms with Gasteiger partial charge in [0.05, 0.1) is 17.1 Å². The normalized spacial score (nSPS) is 12.1. The van der Waals surface area contributed by atoms with Gasteiger partial charge >= 0.3 is 0 Å². The zero-order valence-electron chi connectivity index (χ0n) is 12.1. The van der Waals surface area contributed by atoms with E-state index in [4.69, 9.17) is 9.32 Å². The number of nitrogens with zero attached hydrogens (tertiary/aromatic N) is 2. The standard InChI is InChI=1S/C16H14FN3O2S/c17-11-13-10-16(12-4-2-1-3-5-12)20(19-13)14-6-8-15(9-7-14)22-23(18)21/h1-10H,11,18H2. The van der Waals surface area contributed by atoms with Crippen molar-refractivity contribution in [2.75, 3.05) is 0 Å². The second-order valence-electron chi connectivity index (χ2n) is 4.77. The molecule has 0 radical (unpaired) electrons. The van der Waals surface area contributed by atoms with Crippen molar-refractivity contribution in [2.45, 2.75) is 6.67 Å². The molecule has 118 valence electrons. The minimum Gasteiger partial charge on any atom is -0.389 e. The van der Waals surface area contributed by atoms with Gasteiger partial charge in [0.25, 0.3) is 11.3 Å². The molecule has 3 rings (SSSR count). The summed E-state index contributed by atoms with van der Waals surface area (Å²) in [5, 5.41) is 9.37. The molecule has 1 aromatic heterocycles. The van der Waals surface area contributed by atoms with Crippen LogP contribution >= 0.6 is 0 Å². The maximum atomic E-state index is 13.0. The highest BCUT2D eigenvalue weighted by Gasteiger charge is 2.11. The zero-order valence-corrected chi connectivity index (χ0v) is 12.9. The number of nitrogens with two attached hydrogens (primary N) is 1. The molecule has 3 aromatic rings. The highest BCUT2D eigenvalue weighted by molar-refractivity contribution is 7.78. The van der Waals surface area contributed by atoms with Crippen LogP contribution in [0.1, 0.15) is 5.69 Å². The van der Waals surface area contributed by atoms with Crippen molar-refractivity contribution in [3.63, 3.8) is 0 Å². The van der Waals surface area contributed by atoms with Gasteiger partial charge in [-0.1, -0.05) is 30.3 Å². The molecule has 0 saturated heterocycles. The molecule has 0 aliphatic rings. The van der Waals surface area contributed by atoms with E-state index >= 15 is 0 Å². The van der Waals surface area contributed by atoms with E-state index in [1.54, 1.807) is 35.0 Å². The summed E-state index contributed by atoms with van der Waals surface area (Å²) in [6.07, 6.45) is 0. The third-order valence-electron chi connectivity index (χ3n) is 3.23. The molecule has 0 spiro atoms. The van der Waals surface area contributed by atoms with Gasteiger partial charge in [-0.2, -0.15) is 9.31 Å². The van der Waals surface area contributed by atoms with Crippen LogP contribution in [0.25, 0.3) is 16.9 Å². The SMILES string of the molecule is NS(=O)Oc1ccc(-n2nc(CF)cc2-c2ccccc2)cc1. The van der Waals surface area contributed by atoms with Crippen LogP contribution in [0.5, 0.6) is 5.75 Å². The molecule has 2 N–H and O–H groups in total. The highest BCUT2D eigenvalue weighted by Crippen LogP contribution is 2.25. The number of alkyl halides is 1. The van der Waals surface area contributed by atoms with E-state index < -0.39 is 17.9 Å². The molecule has 7 heteroatoms. The zero-order chi connectivity index (χ0) is 16.2. The summed E-state index contributed by atoms with van der Waals surface area (Å²) in [4.78, 5) is 0. The van der Waals surface area contributed by atoms with E-state index in [1.165, 1.54) is 0 Å². The molecular formula is C16H14FN3O2S. The quantitative estimate of drug-likeness (QED) is 0.781. The Morgan fingerprint density at radius 1 is 1.13 bits per heavy atom. The number of rotatable bonds is 5. The molecule has 0 amide bonds. The lowest BCUT2D eigenvalue weighted by atomic mass is 10.1. The Hall–Kier alpha value is -2.51. The summed E-state index contributed by atoms with van der Waals surface area (Å²) in [7, 11) is 0. The average molecular weight is 331 g/mol. The van der Waals surface area contributed by atoms with Gasteiger partial charge in [-0.25, -0.2) is 14.2 Å².